The molecule has 0 aliphatic rings. The van der Waals surface area contributed by atoms with Gasteiger partial charge in [-0.15, -0.1) is 12.6 Å². The first-order valence-corrected chi connectivity index (χ1v) is 3.92. The van der Waals surface area contributed by atoms with Crippen molar-refractivity contribution in [3.05, 3.63) is 6.20 Å². The van der Waals surface area contributed by atoms with Gasteiger partial charge in [0.1, 0.15) is 5.03 Å². The number of aromatic nitrogens is 2. The highest BCUT2D eigenvalue weighted by Gasteiger charge is 2.08. The van der Waals surface area contributed by atoms with Gasteiger partial charge in [0.05, 0.1) is 13.3 Å². The zero-order chi connectivity index (χ0) is 8.43. The first-order valence-electron chi connectivity index (χ1n) is 3.47. The molecule has 0 atom stereocenters. The highest BCUT2D eigenvalue weighted by molar-refractivity contribution is 7.80. The van der Waals surface area contributed by atoms with Crippen molar-refractivity contribution in [2.45, 2.75) is 24.9 Å². The fourth-order valence-electron chi connectivity index (χ4n) is 0.862. The van der Waals surface area contributed by atoms with Crippen molar-refractivity contribution in [2.24, 2.45) is 0 Å². The Bertz CT molecular complexity index is 245. The lowest BCUT2D eigenvalue weighted by atomic mass is 10.4. The van der Waals surface area contributed by atoms with Crippen molar-refractivity contribution in [2.75, 3.05) is 7.11 Å². The Kier molecular flexibility index (Phi) is 2.44. The second-order valence-electron chi connectivity index (χ2n) is 2.57. The Morgan fingerprint density at radius 3 is 2.55 bits per heavy atom. The van der Waals surface area contributed by atoms with Crippen molar-refractivity contribution in [1.29, 1.82) is 0 Å². The summed E-state index contributed by atoms with van der Waals surface area (Å²) in [4.78, 5) is 0. The van der Waals surface area contributed by atoms with E-state index in [9.17, 15) is 0 Å². The van der Waals surface area contributed by atoms with Gasteiger partial charge in [0.2, 0.25) is 0 Å². The van der Waals surface area contributed by atoms with Crippen molar-refractivity contribution in [1.82, 2.24) is 9.78 Å². The highest BCUT2D eigenvalue weighted by Crippen LogP contribution is 2.23. The monoisotopic (exact) mass is 172 g/mol. The molecule has 0 radical (unpaired) electrons. The first kappa shape index (κ1) is 8.46. The van der Waals surface area contributed by atoms with E-state index in [0.717, 1.165) is 10.8 Å². The molecule has 0 fully saturated rings. The van der Waals surface area contributed by atoms with Crippen molar-refractivity contribution >= 4 is 12.6 Å². The third-order valence-corrected chi connectivity index (χ3v) is 1.87. The molecule has 0 saturated carbocycles. The van der Waals surface area contributed by atoms with Gasteiger partial charge in [-0.05, 0) is 13.8 Å². The van der Waals surface area contributed by atoms with Crippen LogP contribution in [-0.2, 0) is 0 Å². The molecule has 62 valence electrons. The molecule has 0 amide bonds. The molecule has 0 N–H and O–H groups in total. The Morgan fingerprint density at radius 1 is 1.64 bits per heavy atom. The molecule has 0 spiro atoms. The fourth-order valence-corrected chi connectivity index (χ4v) is 1.29. The summed E-state index contributed by atoms with van der Waals surface area (Å²) in [6, 6.07) is 0.325. The maximum Gasteiger partial charge on any atom is 0.170 e. The first-order chi connectivity index (χ1) is 5.16. The summed E-state index contributed by atoms with van der Waals surface area (Å²) >= 11 is 4.26. The summed E-state index contributed by atoms with van der Waals surface area (Å²) in [5.41, 5.74) is 0. The minimum absolute atomic E-state index is 0.325. The van der Waals surface area contributed by atoms with Gasteiger partial charge >= 0.3 is 0 Å². The van der Waals surface area contributed by atoms with Crippen LogP contribution in [0.1, 0.15) is 19.9 Å². The van der Waals surface area contributed by atoms with E-state index >= 15 is 0 Å². The van der Waals surface area contributed by atoms with E-state index in [4.69, 9.17) is 4.74 Å². The summed E-state index contributed by atoms with van der Waals surface area (Å²) in [7, 11) is 1.61. The molecule has 0 unspecified atom stereocenters. The number of thiol groups is 1. The van der Waals surface area contributed by atoms with Crippen LogP contribution in [-0.4, -0.2) is 16.9 Å². The maximum absolute atomic E-state index is 5.02. The van der Waals surface area contributed by atoms with E-state index < -0.39 is 0 Å². The fraction of sp³-hybridized carbons (Fsp3) is 0.571. The second-order valence-corrected chi connectivity index (χ2v) is 3.00. The van der Waals surface area contributed by atoms with Gasteiger partial charge in [-0.25, -0.2) is 0 Å². The Hall–Kier alpha value is -0.640. The van der Waals surface area contributed by atoms with Crippen LogP contribution >= 0.6 is 12.6 Å². The van der Waals surface area contributed by atoms with Crippen LogP contribution in [0.3, 0.4) is 0 Å². The lowest BCUT2D eigenvalue weighted by Gasteiger charge is -2.06. The van der Waals surface area contributed by atoms with Crippen LogP contribution in [0, 0.1) is 0 Å². The van der Waals surface area contributed by atoms with Crippen molar-refractivity contribution in [3.8, 4) is 5.75 Å². The molecule has 11 heavy (non-hydrogen) atoms. The van der Waals surface area contributed by atoms with Crippen molar-refractivity contribution in [3.63, 3.8) is 0 Å². The average Bonchev–Trinajstić information content (AvgIpc) is 2.30. The lowest BCUT2D eigenvalue weighted by molar-refractivity contribution is 0.395. The molecule has 1 rings (SSSR count). The lowest BCUT2D eigenvalue weighted by Crippen LogP contribution is -2.02. The molecule has 0 bridgehead atoms. The number of methoxy groups -OCH3 is 1. The standard InChI is InChI=1S/C7H12N2OS/c1-5(2)9-7(11)6(10-3)4-8-9/h4-5,11H,1-3H3. The van der Waals surface area contributed by atoms with Crippen LogP contribution in [0.5, 0.6) is 5.75 Å². The minimum atomic E-state index is 0.325. The van der Waals surface area contributed by atoms with E-state index in [0.29, 0.717) is 6.04 Å². The topological polar surface area (TPSA) is 27.1 Å². The Balaban J connectivity index is 3.00. The summed E-state index contributed by atoms with van der Waals surface area (Å²) in [6.07, 6.45) is 1.67. The van der Waals surface area contributed by atoms with Crippen LogP contribution in [0.15, 0.2) is 11.2 Å². The normalized spacial score (nSPS) is 10.6. The molecule has 0 saturated heterocycles. The zero-order valence-corrected chi connectivity index (χ0v) is 7.80. The van der Waals surface area contributed by atoms with Crippen LogP contribution in [0.4, 0.5) is 0 Å². The summed E-state index contributed by atoms with van der Waals surface area (Å²) < 4.78 is 6.82. The maximum atomic E-state index is 5.02. The van der Waals surface area contributed by atoms with E-state index in [1.807, 2.05) is 18.5 Å². The van der Waals surface area contributed by atoms with Gasteiger partial charge in [-0.3, -0.25) is 4.68 Å². The molecule has 4 heteroatoms. The largest absolute Gasteiger partial charge is 0.492 e. The van der Waals surface area contributed by atoms with E-state index in [1.54, 1.807) is 13.3 Å². The smallest absolute Gasteiger partial charge is 0.170 e. The Labute approximate surface area is 71.8 Å². The van der Waals surface area contributed by atoms with Crippen molar-refractivity contribution < 1.29 is 4.74 Å². The summed E-state index contributed by atoms with van der Waals surface area (Å²) in [6.45, 7) is 4.10. The quantitative estimate of drug-likeness (QED) is 0.688. The Morgan fingerprint density at radius 2 is 2.27 bits per heavy atom. The zero-order valence-electron chi connectivity index (χ0n) is 6.90. The SMILES string of the molecule is COc1cnn(C(C)C)c1S. The highest BCUT2D eigenvalue weighted by atomic mass is 32.1. The van der Waals surface area contributed by atoms with Crippen LogP contribution < -0.4 is 4.74 Å². The minimum Gasteiger partial charge on any atom is -0.492 e. The van der Waals surface area contributed by atoms with E-state index in [1.165, 1.54) is 0 Å². The second kappa shape index (κ2) is 3.17. The molecule has 1 aromatic heterocycles. The number of nitrogens with zero attached hydrogens (tertiary/aromatic N) is 2. The summed E-state index contributed by atoms with van der Waals surface area (Å²) in [5.74, 6) is 0.724. The summed E-state index contributed by atoms with van der Waals surface area (Å²) in [5, 5.41) is 4.88. The van der Waals surface area contributed by atoms with Gasteiger partial charge in [0, 0.05) is 6.04 Å². The average molecular weight is 172 g/mol. The number of ether oxygens (including phenoxy) is 1. The number of hydrogen-bond acceptors (Lipinski definition) is 3. The third-order valence-electron chi connectivity index (χ3n) is 1.45. The van der Waals surface area contributed by atoms with Crippen LogP contribution in [0.25, 0.3) is 0 Å². The van der Waals surface area contributed by atoms with Gasteiger partial charge < -0.3 is 4.74 Å². The molecule has 0 aliphatic heterocycles. The molecular formula is C7H12N2OS. The van der Waals surface area contributed by atoms with Gasteiger partial charge in [0.15, 0.2) is 5.75 Å². The molecule has 1 aromatic rings. The van der Waals surface area contributed by atoms with E-state index in [2.05, 4.69) is 17.7 Å². The molecule has 3 nitrogen and oxygen atoms in total. The predicted molar refractivity (Wildman–Crippen MR) is 46.4 cm³/mol. The molecule has 1 heterocycles. The number of hydrogen-bond donors (Lipinski definition) is 1. The van der Waals surface area contributed by atoms with Gasteiger partial charge in [0.25, 0.3) is 0 Å². The van der Waals surface area contributed by atoms with Gasteiger partial charge in [-0.1, -0.05) is 0 Å². The van der Waals surface area contributed by atoms with Crippen LogP contribution in [0.2, 0.25) is 0 Å². The third kappa shape index (κ3) is 1.50. The predicted octanol–water partition coefficient (Wildman–Crippen LogP) is 1.76. The molecule has 0 aliphatic carbocycles. The van der Waals surface area contributed by atoms with Gasteiger partial charge in [-0.2, -0.15) is 5.10 Å². The van der Waals surface area contributed by atoms with E-state index in [-0.39, 0.29) is 0 Å². The molecule has 0 aromatic carbocycles. The number of rotatable bonds is 2. The molecular weight excluding hydrogens is 160 g/mol.